The zero-order chi connectivity index (χ0) is 8.20. The normalized spacial score (nSPS) is 13.8. The molecule has 0 heterocycles. The molecular formula is C9H21P. The molecular weight excluding hydrogens is 139 g/mol. The van der Waals surface area contributed by atoms with Gasteiger partial charge in [0.1, 0.15) is 0 Å². The summed E-state index contributed by atoms with van der Waals surface area (Å²) in [5.74, 6) is 0.890. The maximum atomic E-state index is 2.32. The van der Waals surface area contributed by atoms with Crippen molar-refractivity contribution in [1.29, 1.82) is 0 Å². The molecule has 1 atom stereocenters. The fraction of sp³-hybridized carbons (Fsp3) is 1.00. The molecule has 62 valence electrons. The van der Waals surface area contributed by atoms with E-state index < -0.39 is 0 Å². The van der Waals surface area contributed by atoms with Crippen LogP contribution in [-0.4, -0.2) is 12.3 Å². The first-order valence-electron chi connectivity index (χ1n) is 4.12. The molecule has 10 heavy (non-hydrogen) atoms. The van der Waals surface area contributed by atoms with Crippen molar-refractivity contribution in [3.8, 4) is 0 Å². The molecule has 0 aromatic heterocycles. The van der Waals surface area contributed by atoms with Crippen LogP contribution in [0.2, 0.25) is 0 Å². The lowest BCUT2D eigenvalue weighted by Gasteiger charge is -2.18. The Morgan fingerprint density at radius 1 is 1.20 bits per heavy atom. The van der Waals surface area contributed by atoms with Crippen LogP contribution in [0.4, 0.5) is 0 Å². The van der Waals surface area contributed by atoms with E-state index in [1.54, 1.807) is 0 Å². The van der Waals surface area contributed by atoms with Gasteiger partial charge in [0.2, 0.25) is 0 Å². The molecule has 0 aliphatic rings. The van der Waals surface area contributed by atoms with E-state index >= 15 is 0 Å². The maximum absolute atomic E-state index is 2.32. The molecule has 0 saturated carbocycles. The van der Waals surface area contributed by atoms with Crippen LogP contribution in [0.25, 0.3) is 0 Å². The Bertz CT molecular complexity index is 79.2. The highest BCUT2D eigenvalue weighted by atomic mass is 31.1. The minimum absolute atomic E-state index is 0.549. The van der Waals surface area contributed by atoms with E-state index in [0.29, 0.717) is 5.41 Å². The van der Waals surface area contributed by atoms with E-state index in [2.05, 4.69) is 34.6 Å². The van der Waals surface area contributed by atoms with Gasteiger partial charge in [-0.05, 0) is 23.7 Å². The summed E-state index contributed by atoms with van der Waals surface area (Å²) in [5, 5.41) is 0. The van der Waals surface area contributed by atoms with Gasteiger partial charge in [0.15, 0.2) is 0 Å². The molecule has 0 aliphatic heterocycles. The first-order chi connectivity index (χ1) is 4.42. The van der Waals surface area contributed by atoms with Crippen molar-refractivity contribution in [1.82, 2.24) is 0 Å². The average molecular weight is 160 g/mol. The minimum atomic E-state index is 0.549. The number of rotatable bonds is 3. The Kier molecular flexibility index (Phi) is 4.52. The van der Waals surface area contributed by atoms with Crippen molar-refractivity contribution >= 4 is 8.58 Å². The highest BCUT2D eigenvalue weighted by Gasteiger charge is 2.08. The summed E-state index contributed by atoms with van der Waals surface area (Å²) in [6, 6.07) is 0. The lowest BCUT2D eigenvalue weighted by molar-refractivity contribution is 0.478. The largest absolute Gasteiger partial charge is 0.121 e. The molecule has 0 spiro atoms. The molecule has 0 fully saturated rings. The summed E-state index contributed by atoms with van der Waals surface area (Å²) in [7, 11) is 1.16. The van der Waals surface area contributed by atoms with Gasteiger partial charge in [0.05, 0.1) is 0 Å². The van der Waals surface area contributed by atoms with E-state index in [9.17, 15) is 0 Å². The van der Waals surface area contributed by atoms with Gasteiger partial charge in [-0.25, -0.2) is 0 Å². The summed E-state index contributed by atoms with van der Waals surface area (Å²) in [5.41, 5.74) is 0.549. The lowest BCUT2D eigenvalue weighted by atomic mass is 10.0. The summed E-state index contributed by atoms with van der Waals surface area (Å²) >= 11 is 0. The van der Waals surface area contributed by atoms with Gasteiger partial charge in [0.25, 0.3) is 0 Å². The van der Waals surface area contributed by atoms with Crippen molar-refractivity contribution in [2.75, 3.05) is 12.3 Å². The Labute approximate surface area is 67.6 Å². The maximum Gasteiger partial charge on any atom is -0.0304 e. The molecule has 1 heteroatoms. The van der Waals surface area contributed by atoms with E-state index in [0.717, 1.165) is 14.5 Å². The summed E-state index contributed by atoms with van der Waals surface area (Å²) in [6.45, 7) is 11.6. The summed E-state index contributed by atoms with van der Waals surface area (Å²) < 4.78 is 0. The molecule has 0 bridgehead atoms. The van der Waals surface area contributed by atoms with Crippen molar-refractivity contribution in [2.24, 2.45) is 11.3 Å². The Balaban J connectivity index is 3.21. The van der Waals surface area contributed by atoms with Crippen LogP contribution in [0.5, 0.6) is 0 Å². The molecule has 0 N–H and O–H groups in total. The monoisotopic (exact) mass is 160 g/mol. The molecule has 1 unspecified atom stereocenters. The zero-order valence-corrected chi connectivity index (χ0v) is 8.99. The fourth-order valence-corrected chi connectivity index (χ4v) is 2.21. The highest BCUT2D eigenvalue weighted by Crippen LogP contribution is 2.26. The van der Waals surface area contributed by atoms with E-state index in [4.69, 9.17) is 0 Å². The van der Waals surface area contributed by atoms with Gasteiger partial charge in [-0.15, -0.1) is 8.58 Å². The fourth-order valence-electron chi connectivity index (χ4n) is 0.736. The first-order valence-corrected chi connectivity index (χ1v) is 5.54. The molecule has 0 radical (unpaired) electrons. The van der Waals surface area contributed by atoms with Crippen LogP contribution in [0.3, 0.4) is 0 Å². The zero-order valence-electron chi connectivity index (χ0n) is 7.99. The second-order valence-electron chi connectivity index (χ2n) is 4.59. The van der Waals surface area contributed by atoms with Gasteiger partial charge in [0, 0.05) is 0 Å². The summed E-state index contributed by atoms with van der Waals surface area (Å²) in [4.78, 5) is 0. The minimum Gasteiger partial charge on any atom is -0.121 e. The van der Waals surface area contributed by atoms with Crippen molar-refractivity contribution in [2.45, 2.75) is 34.6 Å². The number of hydrogen-bond acceptors (Lipinski definition) is 0. The topological polar surface area (TPSA) is 0 Å². The van der Waals surface area contributed by atoms with Crippen LogP contribution in [-0.2, 0) is 0 Å². The van der Waals surface area contributed by atoms with Crippen molar-refractivity contribution in [3.05, 3.63) is 0 Å². The highest BCUT2D eigenvalue weighted by molar-refractivity contribution is 7.38. The predicted octanol–water partition coefficient (Wildman–Crippen LogP) is 3.37. The molecule has 0 amide bonds. The van der Waals surface area contributed by atoms with Crippen molar-refractivity contribution in [3.63, 3.8) is 0 Å². The molecule has 0 saturated heterocycles. The molecule has 0 rings (SSSR count). The van der Waals surface area contributed by atoms with Gasteiger partial charge in [-0.3, -0.25) is 0 Å². The van der Waals surface area contributed by atoms with Crippen molar-refractivity contribution < 1.29 is 0 Å². The molecule has 0 aromatic carbocycles. The van der Waals surface area contributed by atoms with Crippen LogP contribution < -0.4 is 0 Å². The second-order valence-corrected chi connectivity index (χ2v) is 5.85. The number of hydrogen-bond donors (Lipinski definition) is 0. The Morgan fingerprint density at radius 2 is 1.70 bits per heavy atom. The van der Waals surface area contributed by atoms with Gasteiger partial charge < -0.3 is 0 Å². The smallest absolute Gasteiger partial charge is 0.0304 e. The third-order valence-corrected chi connectivity index (χ3v) is 3.62. The van der Waals surface area contributed by atoms with E-state index in [-0.39, 0.29) is 0 Å². The van der Waals surface area contributed by atoms with Crippen LogP contribution in [0, 0.1) is 11.3 Å². The Hall–Kier alpha value is 0.430. The Morgan fingerprint density at radius 3 is 2.00 bits per heavy atom. The molecule has 0 nitrogen and oxygen atoms in total. The van der Waals surface area contributed by atoms with Gasteiger partial charge in [-0.2, -0.15) is 0 Å². The predicted molar refractivity (Wildman–Crippen MR) is 52.3 cm³/mol. The van der Waals surface area contributed by atoms with Crippen LogP contribution in [0.1, 0.15) is 34.6 Å². The molecule has 0 aliphatic carbocycles. The third-order valence-electron chi connectivity index (χ3n) is 1.21. The van der Waals surface area contributed by atoms with E-state index in [1.807, 2.05) is 0 Å². The van der Waals surface area contributed by atoms with Gasteiger partial charge in [-0.1, -0.05) is 34.6 Å². The lowest BCUT2D eigenvalue weighted by Crippen LogP contribution is -2.08. The molecule has 0 aromatic rings. The standard InChI is InChI=1S/C9H21P/c1-8(2)6-10-7-9(3,4)5/h8,10H,6-7H2,1-5H3. The SMILES string of the molecule is CC(C)CPCC(C)(C)C. The first kappa shape index (κ1) is 10.4. The second kappa shape index (κ2) is 4.34. The van der Waals surface area contributed by atoms with Crippen LogP contribution >= 0.6 is 8.58 Å². The van der Waals surface area contributed by atoms with Gasteiger partial charge >= 0.3 is 0 Å². The average Bonchev–Trinajstić information content (AvgIpc) is 1.59. The summed E-state index contributed by atoms with van der Waals surface area (Å²) in [6.07, 6.45) is 2.81. The quantitative estimate of drug-likeness (QED) is 0.555. The van der Waals surface area contributed by atoms with Crippen LogP contribution in [0.15, 0.2) is 0 Å². The van der Waals surface area contributed by atoms with E-state index in [1.165, 1.54) is 12.3 Å². The third kappa shape index (κ3) is 8.43.